The van der Waals surface area contributed by atoms with Crippen LogP contribution in [0.3, 0.4) is 0 Å². The molecular weight excluding hydrogens is 266 g/mol. The average Bonchev–Trinajstić information content (AvgIpc) is 2.24. The van der Waals surface area contributed by atoms with Gasteiger partial charge in [0.2, 0.25) is 0 Å². The average molecular weight is 299 g/mol. The predicted octanol–water partition coefficient (Wildman–Crippen LogP) is 3.29. The molecule has 0 bridgehead atoms. The smallest absolute Gasteiger partial charge is 0.323 e. The van der Waals surface area contributed by atoms with Crippen molar-refractivity contribution in [2.45, 2.75) is 84.9 Å². The molecule has 4 heteroatoms. The molecule has 1 unspecified atom stereocenters. The molecule has 1 rings (SSSR count). The molecule has 0 saturated carbocycles. The number of carbonyl (C=O) groups excluding carboxylic acids is 1. The highest BCUT2D eigenvalue weighted by Gasteiger charge is 2.29. The van der Waals surface area contributed by atoms with Gasteiger partial charge >= 0.3 is 5.97 Å². The zero-order valence-electron chi connectivity index (χ0n) is 14.6. The Kier molecular flexibility index (Phi) is 6.67. The van der Waals surface area contributed by atoms with Crippen LogP contribution in [-0.2, 0) is 14.3 Å². The lowest BCUT2D eigenvalue weighted by Crippen LogP contribution is -2.50. The third kappa shape index (κ3) is 8.42. The molecule has 1 aliphatic rings. The first-order chi connectivity index (χ1) is 9.57. The number of esters is 1. The van der Waals surface area contributed by atoms with Crippen molar-refractivity contribution in [2.75, 3.05) is 13.2 Å². The lowest BCUT2D eigenvalue weighted by molar-refractivity contribution is -0.175. The minimum Gasteiger partial charge on any atom is -0.456 e. The highest BCUT2D eigenvalue weighted by molar-refractivity contribution is 5.76. The molecule has 0 aromatic rings. The van der Waals surface area contributed by atoms with E-state index in [4.69, 9.17) is 9.47 Å². The van der Waals surface area contributed by atoms with Gasteiger partial charge < -0.3 is 9.47 Å². The number of hydrogen-bond donors (Lipinski definition) is 1. The van der Waals surface area contributed by atoms with Crippen LogP contribution in [0.4, 0.5) is 0 Å². The first kappa shape index (κ1) is 18.4. The molecular formula is C17H33NO3. The van der Waals surface area contributed by atoms with E-state index in [0.29, 0.717) is 18.6 Å². The third-order valence-electron chi connectivity index (χ3n) is 3.45. The quantitative estimate of drug-likeness (QED) is 0.579. The fraction of sp³-hybridized carbons (Fsp3) is 0.941. The fourth-order valence-corrected chi connectivity index (χ4v) is 2.30. The summed E-state index contributed by atoms with van der Waals surface area (Å²) in [6.45, 7) is 14.1. The molecule has 0 radical (unpaired) electrons. The number of hydrogen-bond acceptors (Lipinski definition) is 4. The Morgan fingerprint density at radius 1 is 1.19 bits per heavy atom. The SMILES string of the molecule is CC(C)(C)CCCCC(NC(C)(C)C)C(=O)OC1COC1. The van der Waals surface area contributed by atoms with Crippen molar-refractivity contribution in [3.05, 3.63) is 0 Å². The second-order valence-electron chi connectivity index (χ2n) is 8.35. The third-order valence-corrected chi connectivity index (χ3v) is 3.45. The Balaban J connectivity index is 2.41. The van der Waals surface area contributed by atoms with Gasteiger partial charge in [0.1, 0.15) is 12.1 Å². The molecule has 1 saturated heterocycles. The Morgan fingerprint density at radius 2 is 1.81 bits per heavy atom. The number of unbranched alkanes of at least 4 members (excludes halogenated alkanes) is 1. The summed E-state index contributed by atoms with van der Waals surface area (Å²) >= 11 is 0. The summed E-state index contributed by atoms with van der Waals surface area (Å²) in [5.41, 5.74) is 0.264. The van der Waals surface area contributed by atoms with Crippen LogP contribution >= 0.6 is 0 Å². The summed E-state index contributed by atoms with van der Waals surface area (Å²) in [5.74, 6) is -0.131. The van der Waals surface area contributed by atoms with Gasteiger partial charge in [-0.1, -0.05) is 33.6 Å². The molecule has 0 aliphatic carbocycles. The second-order valence-corrected chi connectivity index (χ2v) is 8.35. The van der Waals surface area contributed by atoms with Gasteiger partial charge in [0.05, 0.1) is 13.2 Å². The molecule has 0 amide bonds. The van der Waals surface area contributed by atoms with Gasteiger partial charge in [0.25, 0.3) is 0 Å². The monoisotopic (exact) mass is 299 g/mol. The van der Waals surface area contributed by atoms with Crippen molar-refractivity contribution < 1.29 is 14.3 Å². The zero-order chi connectivity index (χ0) is 16.1. The number of nitrogens with one attached hydrogen (secondary N) is 1. The predicted molar refractivity (Wildman–Crippen MR) is 85.3 cm³/mol. The van der Waals surface area contributed by atoms with Gasteiger partial charge in [-0.25, -0.2) is 0 Å². The highest BCUT2D eigenvalue weighted by atomic mass is 16.6. The minimum absolute atomic E-state index is 0.0451. The first-order valence-corrected chi connectivity index (χ1v) is 8.13. The Labute approximate surface area is 130 Å². The first-order valence-electron chi connectivity index (χ1n) is 8.13. The van der Waals surface area contributed by atoms with Gasteiger partial charge in [-0.05, 0) is 39.0 Å². The van der Waals surface area contributed by atoms with E-state index in [-0.39, 0.29) is 23.7 Å². The van der Waals surface area contributed by atoms with Crippen molar-refractivity contribution in [1.29, 1.82) is 0 Å². The van der Waals surface area contributed by atoms with Crippen LogP contribution in [-0.4, -0.2) is 36.9 Å². The van der Waals surface area contributed by atoms with Gasteiger partial charge in [-0.3, -0.25) is 10.1 Å². The van der Waals surface area contributed by atoms with E-state index in [9.17, 15) is 4.79 Å². The molecule has 4 nitrogen and oxygen atoms in total. The lowest BCUT2D eigenvalue weighted by atomic mass is 9.89. The maximum Gasteiger partial charge on any atom is 0.323 e. The Bertz CT molecular complexity index is 324. The molecule has 1 atom stereocenters. The van der Waals surface area contributed by atoms with Crippen molar-refractivity contribution in [3.63, 3.8) is 0 Å². The van der Waals surface area contributed by atoms with Crippen LogP contribution in [0.5, 0.6) is 0 Å². The maximum atomic E-state index is 12.3. The van der Waals surface area contributed by atoms with E-state index in [2.05, 4.69) is 46.9 Å². The largest absolute Gasteiger partial charge is 0.456 e. The maximum absolute atomic E-state index is 12.3. The minimum atomic E-state index is -0.217. The highest BCUT2D eigenvalue weighted by Crippen LogP contribution is 2.23. The van der Waals surface area contributed by atoms with E-state index < -0.39 is 0 Å². The van der Waals surface area contributed by atoms with E-state index in [1.807, 2.05) is 0 Å². The molecule has 0 spiro atoms. The van der Waals surface area contributed by atoms with E-state index in [0.717, 1.165) is 19.3 Å². The topological polar surface area (TPSA) is 47.6 Å². The standard InChI is InChI=1S/C17H33NO3/c1-16(2,3)10-8-7-9-14(18-17(4,5)6)15(19)21-13-11-20-12-13/h13-14,18H,7-12H2,1-6H3. The molecule has 0 aromatic carbocycles. The Hall–Kier alpha value is -0.610. The molecule has 21 heavy (non-hydrogen) atoms. The van der Waals surface area contributed by atoms with Crippen LogP contribution in [0.1, 0.15) is 67.2 Å². The van der Waals surface area contributed by atoms with Crippen LogP contribution in [0.25, 0.3) is 0 Å². The van der Waals surface area contributed by atoms with Gasteiger partial charge in [-0.2, -0.15) is 0 Å². The van der Waals surface area contributed by atoms with Crippen molar-refractivity contribution in [3.8, 4) is 0 Å². The summed E-state index contributed by atoms with van der Waals surface area (Å²) in [7, 11) is 0. The van der Waals surface area contributed by atoms with Crippen molar-refractivity contribution >= 4 is 5.97 Å². The lowest BCUT2D eigenvalue weighted by Gasteiger charge is -2.31. The van der Waals surface area contributed by atoms with Gasteiger partial charge in [0, 0.05) is 5.54 Å². The number of carbonyl (C=O) groups is 1. The zero-order valence-corrected chi connectivity index (χ0v) is 14.6. The molecule has 1 heterocycles. The molecule has 1 N–H and O–H groups in total. The summed E-state index contributed by atoms with van der Waals surface area (Å²) in [4.78, 5) is 12.3. The number of ether oxygens (including phenoxy) is 2. The van der Waals surface area contributed by atoms with E-state index in [1.54, 1.807) is 0 Å². The van der Waals surface area contributed by atoms with Crippen LogP contribution in [0.2, 0.25) is 0 Å². The molecule has 0 aromatic heterocycles. The Morgan fingerprint density at radius 3 is 2.24 bits per heavy atom. The molecule has 1 fully saturated rings. The van der Waals surface area contributed by atoms with Crippen molar-refractivity contribution in [2.24, 2.45) is 5.41 Å². The second kappa shape index (κ2) is 7.59. The molecule has 1 aliphatic heterocycles. The summed E-state index contributed by atoms with van der Waals surface area (Å²) in [5, 5.41) is 3.39. The van der Waals surface area contributed by atoms with E-state index >= 15 is 0 Å². The van der Waals surface area contributed by atoms with Gasteiger partial charge in [-0.15, -0.1) is 0 Å². The van der Waals surface area contributed by atoms with Crippen LogP contribution < -0.4 is 5.32 Å². The fourth-order valence-electron chi connectivity index (χ4n) is 2.30. The number of rotatable bonds is 7. The van der Waals surface area contributed by atoms with Crippen molar-refractivity contribution in [1.82, 2.24) is 5.32 Å². The summed E-state index contributed by atoms with van der Waals surface area (Å²) in [6, 6.07) is -0.217. The van der Waals surface area contributed by atoms with Gasteiger partial charge in [0.15, 0.2) is 0 Å². The summed E-state index contributed by atoms with van der Waals surface area (Å²) < 4.78 is 10.5. The normalized spacial score (nSPS) is 18.2. The molecule has 124 valence electrons. The van der Waals surface area contributed by atoms with Crippen LogP contribution in [0.15, 0.2) is 0 Å². The van der Waals surface area contributed by atoms with E-state index in [1.165, 1.54) is 6.42 Å². The summed E-state index contributed by atoms with van der Waals surface area (Å²) in [6.07, 6.45) is 4.16. The van der Waals surface area contributed by atoms with Crippen LogP contribution in [0, 0.1) is 5.41 Å².